The number of fused-ring (bicyclic) bond motifs is 1. The third kappa shape index (κ3) is 2.92. The van der Waals surface area contributed by atoms with Crippen molar-refractivity contribution in [2.75, 3.05) is 32.8 Å². The summed E-state index contributed by atoms with van der Waals surface area (Å²) >= 11 is 1.73. The fraction of sp³-hybridized carbons (Fsp3) is 0.750. The van der Waals surface area contributed by atoms with E-state index in [2.05, 4.69) is 9.88 Å². The number of hydrogen-bond donors (Lipinski definition) is 0. The van der Waals surface area contributed by atoms with E-state index in [0.717, 1.165) is 52.2 Å². The van der Waals surface area contributed by atoms with Crippen molar-refractivity contribution in [3.8, 4) is 0 Å². The summed E-state index contributed by atoms with van der Waals surface area (Å²) in [4.78, 5) is 20.8. The van der Waals surface area contributed by atoms with Crippen molar-refractivity contribution < 1.29 is 9.53 Å². The van der Waals surface area contributed by atoms with Crippen molar-refractivity contribution >= 4 is 17.2 Å². The van der Waals surface area contributed by atoms with E-state index in [4.69, 9.17) is 4.74 Å². The van der Waals surface area contributed by atoms with Gasteiger partial charge in [-0.15, -0.1) is 11.3 Å². The van der Waals surface area contributed by atoms with E-state index in [9.17, 15) is 4.79 Å². The number of amides is 1. The highest BCUT2D eigenvalue weighted by Gasteiger charge is 2.42. The van der Waals surface area contributed by atoms with Crippen LogP contribution < -0.4 is 0 Å². The molecule has 120 valence electrons. The maximum atomic E-state index is 11.9. The quantitative estimate of drug-likeness (QED) is 0.845. The van der Waals surface area contributed by atoms with Crippen LogP contribution in [0.2, 0.25) is 0 Å². The first-order valence-electron chi connectivity index (χ1n) is 8.29. The molecule has 1 aromatic heterocycles. The van der Waals surface area contributed by atoms with Gasteiger partial charge in [-0.25, -0.2) is 4.98 Å². The monoisotopic (exact) mass is 321 g/mol. The van der Waals surface area contributed by atoms with Crippen molar-refractivity contribution in [3.05, 3.63) is 16.6 Å². The predicted octanol–water partition coefficient (Wildman–Crippen LogP) is 1.60. The molecule has 5 nitrogen and oxygen atoms in total. The standard InChI is InChI=1S/C16H23N3O2S/c20-16-2-1-5-19(16)9-14-13-8-18(6-3-12(13)11-21-14)10-15-17-4-7-22-15/h4,7,12-14H,1-3,5-6,8-11H2/t12-,13-,14+/m0/s1. The van der Waals surface area contributed by atoms with Crippen molar-refractivity contribution in [1.29, 1.82) is 0 Å². The minimum absolute atomic E-state index is 0.228. The van der Waals surface area contributed by atoms with Crippen LogP contribution in [0.4, 0.5) is 0 Å². The highest BCUT2D eigenvalue weighted by Crippen LogP contribution is 2.35. The molecule has 0 unspecified atom stereocenters. The Morgan fingerprint density at radius 1 is 1.41 bits per heavy atom. The van der Waals surface area contributed by atoms with Gasteiger partial charge in [-0.1, -0.05) is 0 Å². The molecule has 3 aliphatic heterocycles. The molecule has 3 fully saturated rings. The van der Waals surface area contributed by atoms with Crippen LogP contribution >= 0.6 is 11.3 Å². The minimum atomic E-state index is 0.228. The fourth-order valence-electron chi connectivity index (χ4n) is 4.07. The zero-order valence-electron chi connectivity index (χ0n) is 12.8. The highest BCUT2D eigenvalue weighted by molar-refractivity contribution is 7.09. The van der Waals surface area contributed by atoms with Crippen LogP contribution in [0.15, 0.2) is 11.6 Å². The third-order valence-corrected chi connectivity index (χ3v) is 6.07. The number of carbonyl (C=O) groups is 1. The Labute approximate surface area is 135 Å². The van der Waals surface area contributed by atoms with Gasteiger partial charge in [0.2, 0.25) is 5.91 Å². The lowest BCUT2D eigenvalue weighted by Crippen LogP contribution is -2.45. The summed E-state index contributed by atoms with van der Waals surface area (Å²) in [5.74, 6) is 1.56. The number of likely N-dealkylation sites (tertiary alicyclic amines) is 2. The van der Waals surface area contributed by atoms with Crippen LogP contribution in [0, 0.1) is 11.8 Å². The third-order valence-electron chi connectivity index (χ3n) is 5.31. The average molecular weight is 321 g/mol. The number of hydrogen-bond acceptors (Lipinski definition) is 5. The number of ether oxygens (including phenoxy) is 1. The van der Waals surface area contributed by atoms with Crippen LogP contribution in [0.5, 0.6) is 0 Å². The number of aromatic nitrogens is 1. The molecule has 0 bridgehead atoms. The first kappa shape index (κ1) is 14.6. The summed E-state index contributed by atoms with van der Waals surface area (Å²) < 4.78 is 6.06. The van der Waals surface area contributed by atoms with Gasteiger partial charge in [-0.2, -0.15) is 0 Å². The molecule has 3 aliphatic rings. The van der Waals surface area contributed by atoms with Gasteiger partial charge in [0.25, 0.3) is 0 Å². The molecule has 1 amide bonds. The van der Waals surface area contributed by atoms with E-state index in [1.807, 2.05) is 16.5 Å². The van der Waals surface area contributed by atoms with E-state index in [1.165, 1.54) is 11.4 Å². The van der Waals surface area contributed by atoms with Crippen molar-refractivity contribution in [1.82, 2.24) is 14.8 Å². The van der Waals surface area contributed by atoms with E-state index < -0.39 is 0 Å². The molecule has 0 radical (unpaired) electrons. The SMILES string of the molecule is O=C1CCCN1C[C@H]1OC[C@@H]2CCN(Cc3nccs3)C[C@@H]21. The summed E-state index contributed by atoms with van der Waals surface area (Å²) in [6.07, 6.45) is 5.05. The molecule has 0 saturated carbocycles. The van der Waals surface area contributed by atoms with Crippen LogP contribution in [-0.4, -0.2) is 59.6 Å². The van der Waals surface area contributed by atoms with Crippen molar-refractivity contribution in [3.63, 3.8) is 0 Å². The van der Waals surface area contributed by atoms with E-state index >= 15 is 0 Å². The lowest BCUT2D eigenvalue weighted by Gasteiger charge is -2.36. The average Bonchev–Trinajstić information content (AvgIpc) is 3.24. The Morgan fingerprint density at radius 2 is 2.36 bits per heavy atom. The van der Waals surface area contributed by atoms with Crippen molar-refractivity contribution in [2.45, 2.75) is 31.9 Å². The normalized spacial score (nSPS) is 32.6. The van der Waals surface area contributed by atoms with E-state index in [-0.39, 0.29) is 6.10 Å². The van der Waals surface area contributed by atoms with Gasteiger partial charge in [0, 0.05) is 43.5 Å². The first-order valence-corrected chi connectivity index (χ1v) is 9.17. The minimum Gasteiger partial charge on any atom is -0.376 e. The van der Waals surface area contributed by atoms with Crippen LogP contribution in [0.1, 0.15) is 24.3 Å². The smallest absolute Gasteiger partial charge is 0.222 e. The van der Waals surface area contributed by atoms with Gasteiger partial charge in [-0.05, 0) is 25.3 Å². The molecule has 0 aliphatic carbocycles. The summed E-state index contributed by atoms with van der Waals surface area (Å²) in [6, 6.07) is 0. The number of thiazole rings is 1. The maximum absolute atomic E-state index is 11.9. The lowest BCUT2D eigenvalue weighted by atomic mass is 9.84. The van der Waals surface area contributed by atoms with Gasteiger partial charge >= 0.3 is 0 Å². The zero-order chi connectivity index (χ0) is 14.9. The topological polar surface area (TPSA) is 45.7 Å². The largest absolute Gasteiger partial charge is 0.376 e. The summed E-state index contributed by atoms with van der Waals surface area (Å²) in [6.45, 7) is 5.76. The van der Waals surface area contributed by atoms with Crippen LogP contribution in [-0.2, 0) is 16.1 Å². The van der Waals surface area contributed by atoms with Crippen LogP contribution in [0.25, 0.3) is 0 Å². The molecule has 3 saturated heterocycles. The van der Waals surface area contributed by atoms with Gasteiger partial charge < -0.3 is 9.64 Å². The van der Waals surface area contributed by atoms with E-state index in [1.54, 1.807) is 11.3 Å². The fourth-order valence-corrected chi connectivity index (χ4v) is 4.73. The molecule has 4 rings (SSSR count). The van der Waals surface area contributed by atoms with Gasteiger partial charge in [0.15, 0.2) is 0 Å². The molecule has 0 N–H and O–H groups in total. The summed E-state index contributed by atoms with van der Waals surface area (Å²) in [7, 11) is 0. The predicted molar refractivity (Wildman–Crippen MR) is 84.5 cm³/mol. The summed E-state index contributed by atoms with van der Waals surface area (Å²) in [5, 5.41) is 3.24. The molecular formula is C16H23N3O2S. The molecule has 6 heteroatoms. The zero-order valence-corrected chi connectivity index (χ0v) is 13.6. The Kier molecular flexibility index (Phi) is 4.15. The number of rotatable bonds is 4. The van der Waals surface area contributed by atoms with E-state index in [0.29, 0.717) is 17.7 Å². The van der Waals surface area contributed by atoms with Gasteiger partial charge in [-0.3, -0.25) is 9.69 Å². The second kappa shape index (κ2) is 6.26. The molecular weight excluding hydrogens is 298 g/mol. The highest BCUT2D eigenvalue weighted by atomic mass is 32.1. The molecule has 22 heavy (non-hydrogen) atoms. The molecule has 3 atom stereocenters. The Bertz CT molecular complexity index is 521. The van der Waals surface area contributed by atoms with Gasteiger partial charge in [0.1, 0.15) is 5.01 Å². The van der Waals surface area contributed by atoms with Gasteiger partial charge in [0.05, 0.1) is 19.3 Å². The first-order chi connectivity index (χ1) is 10.8. The van der Waals surface area contributed by atoms with Crippen LogP contribution in [0.3, 0.4) is 0 Å². The Balaban J connectivity index is 1.37. The number of nitrogens with zero attached hydrogens (tertiary/aromatic N) is 3. The Hall–Kier alpha value is -0.980. The Morgan fingerprint density at radius 3 is 3.14 bits per heavy atom. The van der Waals surface area contributed by atoms with Crippen molar-refractivity contribution in [2.24, 2.45) is 11.8 Å². The molecule has 4 heterocycles. The maximum Gasteiger partial charge on any atom is 0.222 e. The molecule has 0 aromatic carbocycles. The second-order valence-corrected chi connectivity index (χ2v) is 7.67. The molecule has 1 aromatic rings. The number of carbonyl (C=O) groups excluding carboxylic acids is 1. The lowest BCUT2D eigenvalue weighted by molar-refractivity contribution is -0.129. The number of piperidine rings is 1. The second-order valence-electron chi connectivity index (χ2n) is 6.69. The molecule has 0 spiro atoms. The summed E-state index contributed by atoms with van der Waals surface area (Å²) in [5.41, 5.74) is 0.